The molecule has 29 heavy (non-hydrogen) atoms. The van der Waals surface area contributed by atoms with E-state index in [-0.39, 0.29) is 24.8 Å². The van der Waals surface area contributed by atoms with E-state index in [1.807, 2.05) is 6.07 Å². The van der Waals surface area contributed by atoms with E-state index in [1.54, 1.807) is 13.8 Å². The van der Waals surface area contributed by atoms with Gasteiger partial charge in [-0.3, -0.25) is 9.59 Å². The number of nitriles is 1. The fourth-order valence-electron chi connectivity index (χ4n) is 1.09. The Morgan fingerprint density at radius 1 is 0.966 bits per heavy atom. The molecule has 0 amide bonds. The average Bonchev–Trinajstić information content (AvgIpc) is 2.60. The Labute approximate surface area is 172 Å². The number of nitrogens with zero attached hydrogens (tertiary/aromatic N) is 1. The molecule has 16 heteroatoms. The van der Waals surface area contributed by atoms with Crippen LogP contribution in [0, 0.1) is 11.3 Å². The molecule has 0 aliphatic rings. The number of carbonyl (C=O) groups is 3. The Balaban J connectivity index is -0.000000161. The van der Waals surface area contributed by atoms with Gasteiger partial charge in [-0.1, -0.05) is 0 Å². The summed E-state index contributed by atoms with van der Waals surface area (Å²) in [6, 6.07) is 1.86. The summed E-state index contributed by atoms with van der Waals surface area (Å²) in [6.45, 7) is 4.95. The van der Waals surface area contributed by atoms with Gasteiger partial charge in [-0.2, -0.15) is 5.26 Å². The van der Waals surface area contributed by atoms with Gasteiger partial charge in [0.1, 0.15) is 0 Å². The van der Waals surface area contributed by atoms with Crippen LogP contribution >= 0.6 is 0 Å². The number of esters is 2. The maximum atomic E-state index is 10.7. The quantitative estimate of drug-likeness (QED) is 0.173. The van der Waals surface area contributed by atoms with Gasteiger partial charge < -0.3 is 19.5 Å². The lowest BCUT2D eigenvalue weighted by Gasteiger charge is -2.00. The van der Waals surface area contributed by atoms with E-state index in [0.717, 1.165) is 0 Å². The largest absolute Gasteiger partial charge is 0.466 e. The molecule has 0 aromatic heterocycles. The summed E-state index contributed by atoms with van der Waals surface area (Å²) < 4.78 is 59.9. The molecule has 1 N–H and O–H groups in total. The second-order valence-corrected chi connectivity index (χ2v) is 4.85. The minimum Gasteiger partial charge on any atom is -0.466 e. The summed E-state index contributed by atoms with van der Waals surface area (Å²) in [6.07, 6.45) is 2.21. The van der Waals surface area contributed by atoms with E-state index in [9.17, 15) is 14.4 Å². The van der Waals surface area contributed by atoms with Gasteiger partial charge in [0.05, 0.1) is 31.9 Å². The first-order chi connectivity index (χ1) is 13.6. The zero-order valence-corrected chi connectivity index (χ0v) is 17.5. The summed E-state index contributed by atoms with van der Waals surface area (Å²) in [7, 11) is -4.91. The van der Waals surface area contributed by atoms with Gasteiger partial charge in [-0.25, -0.2) is 0 Å². The Kier molecular flexibility index (Phi) is 35.2. The van der Waals surface area contributed by atoms with Crippen LogP contribution in [0.1, 0.15) is 39.5 Å². The normalized spacial score (nSPS) is 7.90. The highest BCUT2D eigenvalue weighted by molar-refractivity contribution is 7.59. The Morgan fingerprint density at radius 2 is 1.38 bits per heavy atom. The molecule has 1 radical (unpaired) electrons. The van der Waals surface area contributed by atoms with Crippen LogP contribution in [0.3, 0.4) is 0 Å². The summed E-state index contributed by atoms with van der Waals surface area (Å²) in [5, 5.41) is 10.8. The smallest absolute Gasteiger partial charge is 0.425 e. The topological polar surface area (TPSA) is 208 Å². The third-order valence-electron chi connectivity index (χ3n) is 1.94. The van der Waals surface area contributed by atoms with Gasteiger partial charge in [-0.15, -0.1) is 25.3 Å². The zero-order chi connectivity index (χ0) is 23.5. The van der Waals surface area contributed by atoms with Crippen molar-refractivity contribution in [2.45, 2.75) is 39.5 Å². The predicted molar refractivity (Wildman–Crippen MR) is 97.2 cm³/mol. The summed E-state index contributed by atoms with van der Waals surface area (Å²) >= 11 is 0. The van der Waals surface area contributed by atoms with Crippen LogP contribution in [0.5, 0.6) is 0 Å². The van der Waals surface area contributed by atoms with Gasteiger partial charge in [0, 0.05) is 12.8 Å². The van der Waals surface area contributed by atoms with Crippen LogP contribution in [0.4, 0.5) is 0 Å². The zero-order valence-electron chi connectivity index (χ0n) is 15.9. The van der Waals surface area contributed by atoms with Crippen LogP contribution in [0.2, 0.25) is 0 Å². The second kappa shape index (κ2) is 30.1. The number of hydrogen-bond acceptors (Lipinski definition) is 13. The van der Waals surface area contributed by atoms with Crippen molar-refractivity contribution >= 4 is 46.8 Å². The summed E-state index contributed by atoms with van der Waals surface area (Å²) in [4.78, 5) is 31.0. The number of hydrogen-bond donors (Lipinski definition) is 1. The third kappa shape index (κ3) is 67.1. The van der Waals surface area contributed by atoms with E-state index in [4.69, 9.17) is 35.3 Å². The fraction of sp³-hybridized carbons (Fsp3) is 0.692. The van der Waals surface area contributed by atoms with Gasteiger partial charge >= 0.3 is 33.2 Å². The minimum atomic E-state index is -3.11. The fourth-order valence-corrected chi connectivity index (χ4v) is 1.09. The molecule has 0 aromatic rings. The molecule has 0 unspecified atom stereocenters. The standard InChI is InChI=1S/C7H13BNO3.C6H9NO2.2O3S/c1-2-12-7(11)4-3-5-9-8-6-10;1-2-9-6(8)4-3-5-7;2*1-4(2)3/h6,9H,2-5H2,1H3;2-4H2,1H3;;. The third-order valence-corrected chi connectivity index (χ3v) is 1.94. The molecule has 13 nitrogen and oxygen atoms in total. The lowest BCUT2D eigenvalue weighted by Crippen LogP contribution is -2.22. The Morgan fingerprint density at radius 3 is 1.72 bits per heavy atom. The highest BCUT2D eigenvalue weighted by Gasteiger charge is 1.99. The Hall–Kier alpha value is -2.64. The van der Waals surface area contributed by atoms with Crippen molar-refractivity contribution in [2.75, 3.05) is 19.8 Å². The van der Waals surface area contributed by atoms with Crippen molar-refractivity contribution < 1.29 is 49.1 Å². The van der Waals surface area contributed by atoms with Crippen molar-refractivity contribution in [1.82, 2.24) is 5.23 Å². The predicted octanol–water partition coefficient (Wildman–Crippen LogP) is -1.43. The SMILES string of the molecule is CCOC(=O)CCC#N.CCOC(=O)CCCN[B]C=O.O=S(=O)=O.O=S(=O)=O. The van der Waals surface area contributed by atoms with E-state index < -0.39 is 21.2 Å². The van der Waals surface area contributed by atoms with E-state index >= 15 is 0 Å². The molecule has 0 aliphatic carbocycles. The monoisotopic (exact) mass is 457 g/mol. The first-order valence-electron chi connectivity index (χ1n) is 7.80. The van der Waals surface area contributed by atoms with Gasteiger partial charge in [0.2, 0.25) is 0 Å². The van der Waals surface area contributed by atoms with E-state index in [2.05, 4.69) is 9.96 Å². The molecule has 0 fully saturated rings. The van der Waals surface area contributed by atoms with Gasteiger partial charge in [0.25, 0.3) is 7.41 Å². The maximum Gasteiger partial charge on any atom is 0.425 e. The molecule has 0 saturated heterocycles. The van der Waals surface area contributed by atoms with E-state index in [1.165, 1.54) is 7.41 Å². The molecule has 0 aromatic carbocycles. The van der Waals surface area contributed by atoms with Gasteiger partial charge in [-0.05, 0) is 26.8 Å². The van der Waals surface area contributed by atoms with Crippen molar-refractivity contribution in [3.8, 4) is 6.07 Å². The van der Waals surface area contributed by atoms with Crippen LogP contribution in [0.25, 0.3) is 0 Å². The lowest BCUT2D eigenvalue weighted by atomic mass is 9.99. The van der Waals surface area contributed by atoms with Gasteiger partial charge in [0.15, 0.2) is 0 Å². The molecule has 0 rings (SSSR count). The van der Waals surface area contributed by atoms with E-state index in [0.29, 0.717) is 38.8 Å². The van der Waals surface area contributed by atoms with Crippen molar-refractivity contribution in [3.05, 3.63) is 0 Å². The first-order valence-corrected chi connectivity index (χ1v) is 9.80. The number of carbonyl (C=O) groups excluding carboxylic acids is 3. The number of ether oxygens (including phenoxy) is 2. The summed E-state index contributed by atoms with van der Waals surface area (Å²) in [5.41, 5.74) is 0. The second-order valence-electron chi connectivity index (χ2n) is 4.04. The minimum absolute atomic E-state index is 0.189. The molecule has 0 atom stereocenters. The summed E-state index contributed by atoms with van der Waals surface area (Å²) in [5.74, 6) is -0.482. The number of nitrogens with one attached hydrogen (secondary N) is 1. The molecule has 0 aliphatic heterocycles. The maximum absolute atomic E-state index is 10.7. The molecule has 0 saturated carbocycles. The number of rotatable bonds is 10. The molecule has 0 spiro atoms. The average molecular weight is 457 g/mol. The van der Waals surface area contributed by atoms with Crippen LogP contribution < -0.4 is 5.23 Å². The molecular weight excluding hydrogens is 435 g/mol. The highest BCUT2D eigenvalue weighted by atomic mass is 32.2. The molecule has 0 bridgehead atoms. The van der Waals surface area contributed by atoms with Crippen molar-refractivity contribution in [2.24, 2.45) is 0 Å². The highest BCUT2D eigenvalue weighted by Crippen LogP contribution is 1.90. The van der Waals surface area contributed by atoms with Crippen molar-refractivity contribution in [1.29, 1.82) is 5.26 Å². The Bertz CT molecular complexity index is 644. The molecular formula is C13H22BN2O11S2. The molecule has 165 valence electrons. The van der Waals surface area contributed by atoms with Crippen molar-refractivity contribution in [3.63, 3.8) is 0 Å². The van der Waals surface area contributed by atoms with Crippen LogP contribution in [-0.4, -0.2) is 70.6 Å². The van der Waals surface area contributed by atoms with Crippen LogP contribution in [-0.2, 0) is 45.1 Å². The first kappa shape index (κ1) is 33.9. The lowest BCUT2D eigenvalue weighted by molar-refractivity contribution is -0.144. The van der Waals surface area contributed by atoms with Crippen LogP contribution in [0.15, 0.2) is 0 Å². The molecule has 0 heterocycles.